The molecule has 0 aliphatic heterocycles. The number of hydrogen-bond donors (Lipinski definition) is 2. The van der Waals surface area contributed by atoms with E-state index in [2.05, 4.69) is 15.6 Å². The molecular formula is C12H26N4O. The summed E-state index contributed by atoms with van der Waals surface area (Å²) in [6.45, 7) is 12.0. The fourth-order valence-corrected chi connectivity index (χ4v) is 0.991. The number of carbonyl (C=O) groups excluding carboxylic acids is 1. The largest absolute Gasteiger partial charge is 0.351 e. The third-order valence-electron chi connectivity index (χ3n) is 1.57. The SMILES string of the molecule is CN(C)C(=O)NC(=NC(C)(C)C)NC(C)(C)C. The van der Waals surface area contributed by atoms with Crippen LogP contribution in [0.2, 0.25) is 0 Å². The monoisotopic (exact) mass is 242 g/mol. The molecule has 0 fully saturated rings. The zero-order chi connectivity index (χ0) is 13.9. The van der Waals surface area contributed by atoms with Crippen LogP contribution < -0.4 is 10.6 Å². The van der Waals surface area contributed by atoms with Gasteiger partial charge in [-0.2, -0.15) is 0 Å². The van der Waals surface area contributed by atoms with Gasteiger partial charge in [-0.15, -0.1) is 0 Å². The van der Waals surface area contributed by atoms with Crippen LogP contribution in [0.5, 0.6) is 0 Å². The Hall–Kier alpha value is -1.26. The molecule has 0 aliphatic rings. The van der Waals surface area contributed by atoms with Gasteiger partial charge < -0.3 is 10.2 Å². The number of amides is 2. The molecule has 0 aromatic heterocycles. The first-order valence-corrected chi connectivity index (χ1v) is 5.77. The lowest BCUT2D eigenvalue weighted by Crippen LogP contribution is -2.52. The zero-order valence-corrected chi connectivity index (χ0v) is 12.3. The van der Waals surface area contributed by atoms with Crippen LogP contribution in [0.4, 0.5) is 4.79 Å². The normalized spacial score (nSPS) is 13.3. The molecule has 0 heterocycles. The summed E-state index contributed by atoms with van der Waals surface area (Å²) in [5.74, 6) is 0.503. The average molecular weight is 242 g/mol. The van der Waals surface area contributed by atoms with E-state index in [1.807, 2.05) is 41.5 Å². The minimum atomic E-state index is -0.243. The summed E-state index contributed by atoms with van der Waals surface area (Å²) < 4.78 is 0. The van der Waals surface area contributed by atoms with E-state index in [0.717, 1.165) is 0 Å². The van der Waals surface area contributed by atoms with Crippen LogP contribution in [0.15, 0.2) is 4.99 Å². The van der Waals surface area contributed by atoms with Crippen LogP contribution in [0, 0.1) is 0 Å². The fraction of sp³-hybridized carbons (Fsp3) is 0.833. The molecule has 17 heavy (non-hydrogen) atoms. The molecule has 5 heteroatoms. The van der Waals surface area contributed by atoms with Gasteiger partial charge in [0.15, 0.2) is 5.96 Å². The van der Waals surface area contributed by atoms with Crippen molar-refractivity contribution in [3.05, 3.63) is 0 Å². The van der Waals surface area contributed by atoms with Crippen LogP contribution >= 0.6 is 0 Å². The molecule has 2 amide bonds. The minimum Gasteiger partial charge on any atom is -0.351 e. The van der Waals surface area contributed by atoms with Crippen molar-refractivity contribution in [2.75, 3.05) is 14.1 Å². The Bertz CT molecular complexity index is 295. The molecule has 0 rings (SSSR count). The van der Waals surface area contributed by atoms with Gasteiger partial charge in [0, 0.05) is 19.6 Å². The molecule has 0 saturated heterocycles. The highest BCUT2D eigenvalue weighted by molar-refractivity contribution is 5.96. The first kappa shape index (κ1) is 15.7. The van der Waals surface area contributed by atoms with Crippen LogP contribution in [-0.4, -0.2) is 42.1 Å². The van der Waals surface area contributed by atoms with Gasteiger partial charge in [0.1, 0.15) is 0 Å². The van der Waals surface area contributed by atoms with Crippen molar-refractivity contribution in [2.45, 2.75) is 52.6 Å². The van der Waals surface area contributed by atoms with Crippen molar-refractivity contribution >= 4 is 12.0 Å². The Morgan fingerprint density at radius 2 is 1.53 bits per heavy atom. The zero-order valence-electron chi connectivity index (χ0n) is 12.3. The van der Waals surface area contributed by atoms with Gasteiger partial charge in [-0.3, -0.25) is 5.32 Å². The maximum atomic E-state index is 11.6. The van der Waals surface area contributed by atoms with Gasteiger partial charge in [0.25, 0.3) is 0 Å². The summed E-state index contributed by atoms with van der Waals surface area (Å²) in [6, 6.07) is -0.190. The second kappa shape index (κ2) is 5.38. The lowest BCUT2D eigenvalue weighted by molar-refractivity contribution is 0.222. The molecule has 0 aromatic carbocycles. The summed E-state index contributed by atoms with van der Waals surface area (Å²) in [7, 11) is 3.39. The van der Waals surface area contributed by atoms with Crippen molar-refractivity contribution < 1.29 is 4.79 Å². The van der Waals surface area contributed by atoms with Gasteiger partial charge in [-0.1, -0.05) is 0 Å². The Labute approximate surface area is 105 Å². The summed E-state index contributed by atoms with van der Waals surface area (Å²) >= 11 is 0. The van der Waals surface area contributed by atoms with Gasteiger partial charge in [0.05, 0.1) is 5.54 Å². The predicted octanol–water partition coefficient (Wildman–Crippen LogP) is 1.80. The lowest BCUT2D eigenvalue weighted by atomic mass is 10.1. The van der Waals surface area contributed by atoms with E-state index < -0.39 is 0 Å². The van der Waals surface area contributed by atoms with E-state index in [-0.39, 0.29) is 17.1 Å². The van der Waals surface area contributed by atoms with Crippen molar-refractivity contribution in [3.8, 4) is 0 Å². The van der Waals surface area contributed by atoms with Crippen LogP contribution in [0.1, 0.15) is 41.5 Å². The second-order valence-electron chi connectivity index (χ2n) is 6.33. The smallest absolute Gasteiger partial charge is 0.323 e. The predicted molar refractivity (Wildman–Crippen MR) is 72.3 cm³/mol. The van der Waals surface area contributed by atoms with E-state index in [4.69, 9.17) is 0 Å². The van der Waals surface area contributed by atoms with Gasteiger partial charge in [0.2, 0.25) is 0 Å². The number of aliphatic imine (C=N–C) groups is 1. The Morgan fingerprint density at radius 1 is 1.06 bits per heavy atom. The summed E-state index contributed by atoms with van der Waals surface area (Å²) in [6.07, 6.45) is 0. The van der Waals surface area contributed by atoms with E-state index in [9.17, 15) is 4.79 Å². The van der Waals surface area contributed by atoms with Crippen molar-refractivity contribution in [1.82, 2.24) is 15.5 Å². The Kier molecular flexibility index (Phi) is 4.98. The van der Waals surface area contributed by atoms with Gasteiger partial charge >= 0.3 is 6.03 Å². The average Bonchev–Trinajstić information content (AvgIpc) is 1.96. The molecular weight excluding hydrogens is 216 g/mol. The molecule has 0 unspecified atom stereocenters. The molecule has 0 radical (unpaired) electrons. The Balaban J connectivity index is 4.88. The highest BCUT2D eigenvalue weighted by Gasteiger charge is 2.18. The number of nitrogens with zero attached hydrogens (tertiary/aromatic N) is 2. The van der Waals surface area contributed by atoms with Crippen LogP contribution in [-0.2, 0) is 0 Å². The van der Waals surface area contributed by atoms with Crippen molar-refractivity contribution in [2.24, 2.45) is 4.99 Å². The first-order chi connectivity index (χ1) is 7.41. The third-order valence-corrected chi connectivity index (χ3v) is 1.57. The van der Waals surface area contributed by atoms with Crippen LogP contribution in [0.3, 0.4) is 0 Å². The third kappa shape index (κ3) is 8.54. The van der Waals surface area contributed by atoms with E-state index in [1.165, 1.54) is 4.90 Å². The molecule has 5 nitrogen and oxygen atoms in total. The molecule has 0 aliphatic carbocycles. The highest BCUT2D eigenvalue weighted by Crippen LogP contribution is 2.07. The molecule has 2 N–H and O–H groups in total. The van der Waals surface area contributed by atoms with Gasteiger partial charge in [-0.05, 0) is 41.5 Å². The molecule has 100 valence electrons. The minimum absolute atomic E-state index is 0.149. The standard InChI is InChI=1S/C12H26N4O/c1-11(2,3)14-9(15-12(4,5)6)13-10(17)16(7)8/h1-8H3,(H2,13,14,15,17). The molecule has 0 aromatic rings. The molecule has 0 saturated carbocycles. The number of rotatable bonds is 0. The molecule has 0 bridgehead atoms. The summed E-state index contributed by atoms with van der Waals surface area (Å²) in [5, 5.41) is 5.95. The summed E-state index contributed by atoms with van der Waals surface area (Å²) in [4.78, 5) is 17.6. The number of carbonyl (C=O) groups is 1. The number of urea groups is 1. The van der Waals surface area contributed by atoms with Crippen LogP contribution in [0.25, 0.3) is 0 Å². The lowest BCUT2D eigenvalue weighted by Gasteiger charge is -2.26. The van der Waals surface area contributed by atoms with Crippen molar-refractivity contribution in [3.63, 3.8) is 0 Å². The quantitative estimate of drug-likeness (QED) is 0.503. The molecule has 0 atom stereocenters. The highest BCUT2D eigenvalue weighted by atomic mass is 16.2. The van der Waals surface area contributed by atoms with E-state index in [1.54, 1.807) is 14.1 Å². The van der Waals surface area contributed by atoms with Gasteiger partial charge in [-0.25, -0.2) is 9.79 Å². The number of guanidine groups is 1. The maximum absolute atomic E-state index is 11.6. The maximum Gasteiger partial charge on any atom is 0.323 e. The summed E-state index contributed by atoms with van der Waals surface area (Å²) in [5.41, 5.74) is -0.392. The number of hydrogen-bond acceptors (Lipinski definition) is 2. The topological polar surface area (TPSA) is 56.7 Å². The number of nitrogens with one attached hydrogen (secondary N) is 2. The molecule has 0 spiro atoms. The Morgan fingerprint density at radius 3 is 1.82 bits per heavy atom. The first-order valence-electron chi connectivity index (χ1n) is 5.77. The van der Waals surface area contributed by atoms with E-state index >= 15 is 0 Å². The second-order valence-corrected chi connectivity index (χ2v) is 6.33. The van der Waals surface area contributed by atoms with E-state index in [0.29, 0.717) is 5.96 Å². The fourth-order valence-electron chi connectivity index (χ4n) is 0.991. The van der Waals surface area contributed by atoms with Crippen molar-refractivity contribution in [1.29, 1.82) is 0 Å².